The maximum Gasteiger partial charge on any atom is 0.232 e. The van der Waals surface area contributed by atoms with Gasteiger partial charge >= 0.3 is 0 Å². The molecule has 0 unspecified atom stereocenters. The van der Waals surface area contributed by atoms with Crippen molar-refractivity contribution in [2.24, 2.45) is 15.0 Å². The van der Waals surface area contributed by atoms with Gasteiger partial charge in [-0.25, -0.2) is 9.98 Å². The number of fused-ring (bicyclic) bond motifs is 6. The number of hydrogen-bond acceptors (Lipinski definition) is 3. The highest BCUT2D eigenvalue weighted by Gasteiger charge is 2.36. The van der Waals surface area contributed by atoms with Crippen LogP contribution < -0.4 is 4.90 Å². The molecule has 2 aromatic heterocycles. The Kier molecular flexibility index (Phi) is 14.9. The third-order valence-corrected chi connectivity index (χ3v) is 14.1. The molecule has 1 aliphatic carbocycles. The van der Waals surface area contributed by atoms with Gasteiger partial charge in [-0.15, -0.1) is 0 Å². The molecule has 0 saturated carbocycles. The van der Waals surface area contributed by atoms with Crippen LogP contribution in [0.5, 0.6) is 0 Å². The number of aromatic nitrogens is 2. The highest BCUT2D eigenvalue weighted by atomic mass is 15.2. The largest absolute Gasteiger partial charge is 0.310 e. The van der Waals surface area contributed by atoms with Gasteiger partial charge in [0.05, 0.1) is 17.6 Å². The smallest absolute Gasteiger partial charge is 0.232 e. The molecule has 0 bridgehead atoms. The van der Waals surface area contributed by atoms with E-state index in [9.17, 15) is 0 Å². The van der Waals surface area contributed by atoms with Crippen LogP contribution in [0.3, 0.4) is 0 Å². The van der Waals surface area contributed by atoms with Crippen molar-refractivity contribution >= 4 is 57.4 Å². The van der Waals surface area contributed by atoms with Crippen molar-refractivity contribution in [1.82, 2.24) is 9.55 Å². The van der Waals surface area contributed by atoms with E-state index in [2.05, 4.69) is 211 Å². The van der Waals surface area contributed by atoms with Crippen molar-refractivity contribution in [3.05, 3.63) is 265 Å². The van der Waals surface area contributed by atoms with E-state index >= 15 is 0 Å². The maximum absolute atomic E-state index is 5.28. The van der Waals surface area contributed by atoms with Gasteiger partial charge in [0.2, 0.25) is 5.96 Å². The van der Waals surface area contributed by atoms with Crippen molar-refractivity contribution < 1.29 is 0 Å². The van der Waals surface area contributed by atoms with Crippen molar-refractivity contribution in [2.45, 2.75) is 53.5 Å². The van der Waals surface area contributed by atoms with Crippen LogP contribution in [0, 0.1) is 0 Å². The predicted octanol–water partition coefficient (Wildman–Crippen LogP) is 18.6. The average molecular weight is 987 g/mol. The van der Waals surface area contributed by atoms with E-state index in [1.165, 1.54) is 33.4 Å². The van der Waals surface area contributed by atoms with Gasteiger partial charge in [0.25, 0.3) is 0 Å². The molecule has 0 spiro atoms. The summed E-state index contributed by atoms with van der Waals surface area (Å²) in [5.74, 6) is 0.987. The highest BCUT2D eigenvalue weighted by Crippen LogP contribution is 2.51. The lowest BCUT2D eigenvalue weighted by Crippen LogP contribution is -2.16. The zero-order valence-electron chi connectivity index (χ0n) is 44.2. The first-order chi connectivity index (χ1) is 37.4. The number of pyridine rings is 1. The fourth-order valence-corrected chi connectivity index (χ4v) is 10.5. The molecular formula is C70H62N6. The Morgan fingerprint density at radius 3 is 1.66 bits per heavy atom. The van der Waals surface area contributed by atoms with Crippen LogP contribution >= 0.6 is 0 Å². The molecule has 0 saturated heterocycles. The summed E-state index contributed by atoms with van der Waals surface area (Å²) in [4.78, 5) is 22.2. The van der Waals surface area contributed by atoms with E-state index in [-0.39, 0.29) is 5.41 Å². The lowest BCUT2D eigenvalue weighted by Gasteiger charge is -2.28. The molecule has 0 amide bonds. The summed E-state index contributed by atoms with van der Waals surface area (Å²) in [5.41, 5.74) is 18.8. The fourth-order valence-electron chi connectivity index (χ4n) is 10.5. The van der Waals surface area contributed by atoms with Crippen LogP contribution in [-0.2, 0) is 12.0 Å². The molecule has 0 atom stereocenters. The van der Waals surface area contributed by atoms with Crippen LogP contribution in [0.15, 0.2) is 258 Å². The normalized spacial score (nSPS) is 12.4. The zero-order valence-corrected chi connectivity index (χ0v) is 44.2. The standard InChI is InChI=1S/C66H50N6.2C2H6/c1-66(2)60-27-17-16-26-55(60)56-38-37-54(41-61(56)66)71(52-33-28-47(29-34-52)46-20-10-5-11-21-46)53-35-30-48(31-36-53)51-32-39-62-57(40-51)59-44-68-43-58(49-22-12-6-13-23-49)63(59)72(62)65(69-42-45-18-8-4-9-19-45)70-64(67-3)50-24-14-7-15-25-50;2*1-2/h4-41,43-44H,3,42H2,1-2H3;2*1-2H3/b69-65?,70-64-;;. The minimum Gasteiger partial charge on any atom is -0.310 e. The van der Waals surface area contributed by atoms with E-state index in [4.69, 9.17) is 15.0 Å². The fraction of sp³-hybridized carbons (Fsp3) is 0.114. The van der Waals surface area contributed by atoms with Crippen LogP contribution in [-0.4, -0.2) is 28.1 Å². The molecule has 9 aromatic carbocycles. The molecule has 11 aromatic rings. The number of amidine groups is 1. The lowest BCUT2D eigenvalue weighted by molar-refractivity contribution is 0.660. The van der Waals surface area contributed by atoms with Crippen molar-refractivity contribution in [3.63, 3.8) is 0 Å². The Labute approximate surface area is 447 Å². The summed E-state index contributed by atoms with van der Waals surface area (Å²) in [7, 11) is 0. The Morgan fingerprint density at radius 1 is 0.487 bits per heavy atom. The van der Waals surface area contributed by atoms with E-state index in [0.29, 0.717) is 18.3 Å². The van der Waals surface area contributed by atoms with Gasteiger partial charge < -0.3 is 4.90 Å². The van der Waals surface area contributed by atoms with Crippen LogP contribution in [0.2, 0.25) is 0 Å². The number of benzene rings is 9. The van der Waals surface area contributed by atoms with E-state index < -0.39 is 0 Å². The summed E-state index contributed by atoms with van der Waals surface area (Å²) in [5, 5.41) is 2.03. The molecule has 76 heavy (non-hydrogen) atoms. The number of hydrogen-bond donors (Lipinski definition) is 0. The second-order valence-corrected chi connectivity index (χ2v) is 18.8. The molecule has 0 N–H and O–H groups in total. The van der Waals surface area contributed by atoms with Crippen LogP contribution in [0.1, 0.15) is 63.8 Å². The Balaban J connectivity index is 0.00000161. The first-order valence-corrected chi connectivity index (χ1v) is 26.4. The van der Waals surface area contributed by atoms with Crippen molar-refractivity contribution in [3.8, 4) is 44.5 Å². The number of aliphatic imine (C=N–C) groups is 3. The topological polar surface area (TPSA) is 58.1 Å². The van der Waals surface area contributed by atoms with E-state index in [1.807, 2.05) is 94.7 Å². The summed E-state index contributed by atoms with van der Waals surface area (Å²) < 4.78 is 2.18. The molecule has 0 radical (unpaired) electrons. The minimum atomic E-state index is -0.138. The minimum absolute atomic E-state index is 0.138. The number of nitrogens with zero attached hydrogens (tertiary/aromatic N) is 6. The molecule has 0 fully saturated rings. The van der Waals surface area contributed by atoms with Crippen molar-refractivity contribution in [1.29, 1.82) is 0 Å². The molecule has 1 aliphatic rings. The summed E-state index contributed by atoms with van der Waals surface area (Å²) >= 11 is 0. The molecule has 6 nitrogen and oxygen atoms in total. The van der Waals surface area contributed by atoms with Gasteiger partial charge in [-0.05, 0) is 111 Å². The summed E-state index contributed by atoms with van der Waals surface area (Å²) in [6.45, 7) is 17.1. The van der Waals surface area contributed by atoms with Gasteiger partial charge in [-0.1, -0.05) is 224 Å². The maximum atomic E-state index is 5.28. The Hall–Kier alpha value is -9.26. The Bertz CT molecular complexity index is 3840. The third-order valence-electron chi connectivity index (χ3n) is 14.1. The second kappa shape index (κ2) is 22.5. The van der Waals surface area contributed by atoms with Gasteiger partial charge in [0, 0.05) is 56.8 Å². The zero-order chi connectivity index (χ0) is 52.6. The van der Waals surface area contributed by atoms with Gasteiger partial charge in [0.15, 0.2) is 5.84 Å². The van der Waals surface area contributed by atoms with Gasteiger partial charge in [-0.2, -0.15) is 4.99 Å². The molecule has 2 heterocycles. The van der Waals surface area contributed by atoms with Gasteiger partial charge in [-0.3, -0.25) is 9.55 Å². The van der Waals surface area contributed by atoms with Crippen LogP contribution in [0.4, 0.5) is 17.1 Å². The second-order valence-electron chi connectivity index (χ2n) is 18.8. The van der Waals surface area contributed by atoms with Gasteiger partial charge in [0.1, 0.15) is 0 Å². The molecule has 6 heteroatoms. The monoisotopic (exact) mass is 987 g/mol. The molecule has 372 valence electrons. The summed E-state index contributed by atoms with van der Waals surface area (Å²) in [6.07, 6.45) is 3.91. The third kappa shape index (κ3) is 9.69. The average Bonchev–Trinajstić information content (AvgIpc) is 4.04. The highest BCUT2D eigenvalue weighted by molar-refractivity contribution is 6.20. The van der Waals surface area contributed by atoms with Crippen LogP contribution in [0.25, 0.3) is 66.3 Å². The Morgan fingerprint density at radius 2 is 1.01 bits per heavy atom. The van der Waals surface area contributed by atoms with Crippen molar-refractivity contribution in [2.75, 3.05) is 4.90 Å². The van der Waals surface area contributed by atoms with E-state index in [0.717, 1.165) is 72.2 Å². The first-order valence-electron chi connectivity index (χ1n) is 26.4. The molecular weight excluding hydrogens is 925 g/mol. The number of anilines is 3. The SMILES string of the molecule is C=N/C(=N\C(=NCc1ccccc1)n1c2ccc(-c3ccc(N(c4ccc(-c5ccccc5)cc4)c4ccc5c(c4)C(C)(C)c4ccccc4-5)cc3)cc2c2cncc(-c3ccccc3)c21)c1ccccc1.CC.CC. The number of rotatable bonds is 9. The molecule has 0 aliphatic heterocycles. The summed E-state index contributed by atoms with van der Waals surface area (Å²) in [6, 6.07) is 81.5. The van der Waals surface area contributed by atoms with E-state index in [1.54, 1.807) is 0 Å². The molecule has 12 rings (SSSR count). The predicted molar refractivity (Wildman–Crippen MR) is 324 cm³/mol. The first kappa shape index (κ1) is 50.3. The quantitative estimate of drug-likeness (QED) is 0.107. The lowest BCUT2D eigenvalue weighted by atomic mass is 9.82.